The van der Waals surface area contributed by atoms with Gasteiger partial charge in [0, 0.05) is 49.3 Å². The maximum Gasteiger partial charge on any atom is 0.254 e. The molecule has 2 aromatic heterocycles. The zero-order chi connectivity index (χ0) is 23.8. The molecular formula is C26H29N9. The molecule has 35 heavy (non-hydrogen) atoms. The Balaban J connectivity index is 1.23. The van der Waals surface area contributed by atoms with E-state index in [0.717, 1.165) is 67.9 Å². The van der Waals surface area contributed by atoms with Gasteiger partial charge in [0.15, 0.2) is 0 Å². The van der Waals surface area contributed by atoms with Crippen molar-refractivity contribution in [1.29, 1.82) is 0 Å². The Morgan fingerprint density at radius 3 is 2.49 bits per heavy atom. The summed E-state index contributed by atoms with van der Waals surface area (Å²) < 4.78 is 1.49. The summed E-state index contributed by atoms with van der Waals surface area (Å²) in [5.41, 5.74) is 12.9. The number of nitrogens with two attached hydrogens (primary N) is 1. The third-order valence-corrected chi connectivity index (χ3v) is 6.83. The summed E-state index contributed by atoms with van der Waals surface area (Å²) in [4.78, 5) is 18.6. The van der Waals surface area contributed by atoms with Crippen LogP contribution in [0.4, 0.5) is 23.3 Å². The lowest BCUT2D eigenvalue weighted by molar-refractivity contribution is 0.313. The Hall–Kier alpha value is -3.98. The van der Waals surface area contributed by atoms with Crippen LogP contribution in [0.2, 0.25) is 0 Å². The van der Waals surface area contributed by atoms with Gasteiger partial charge in [0.1, 0.15) is 0 Å². The minimum absolute atomic E-state index is 0.239. The Morgan fingerprint density at radius 2 is 1.66 bits per heavy atom. The van der Waals surface area contributed by atoms with Crippen LogP contribution in [0.3, 0.4) is 0 Å². The van der Waals surface area contributed by atoms with Gasteiger partial charge in [-0.05, 0) is 61.7 Å². The third kappa shape index (κ3) is 4.30. The number of benzene rings is 2. The zero-order valence-electron chi connectivity index (χ0n) is 19.9. The number of nitrogen functional groups attached to an aromatic ring is 1. The normalized spacial score (nSPS) is 15.9. The van der Waals surface area contributed by atoms with Crippen molar-refractivity contribution in [2.75, 3.05) is 49.2 Å². The number of piperazine rings is 1. The van der Waals surface area contributed by atoms with Crippen molar-refractivity contribution >= 4 is 23.3 Å². The number of hydrogen-bond donors (Lipinski definition) is 2. The van der Waals surface area contributed by atoms with E-state index in [9.17, 15) is 0 Å². The van der Waals surface area contributed by atoms with Crippen LogP contribution >= 0.6 is 0 Å². The molecule has 4 aromatic rings. The van der Waals surface area contributed by atoms with Crippen LogP contribution in [0, 0.1) is 0 Å². The number of aromatic nitrogens is 5. The second kappa shape index (κ2) is 8.99. The van der Waals surface area contributed by atoms with E-state index in [0.29, 0.717) is 11.9 Å². The predicted octanol–water partition coefficient (Wildman–Crippen LogP) is 3.29. The molecule has 1 aliphatic heterocycles. The summed E-state index contributed by atoms with van der Waals surface area (Å²) in [7, 11) is 2.16. The van der Waals surface area contributed by atoms with Gasteiger partial charge in [-0.15, -0.1) is 5.10 Å². The lowest BCUT2D eigenvalue weighted by Crippen LogP contribution is -2.44. The van der Waals surface area contributed by atoms with Crippen molar-refractivity contribution in [2.45, 2.75) is 19.3 Å². The number of fused-ring (bicyclic) bond motifs is 3. The standard InChI is InChI=1S/C26H29N9/c1-33-13-15-34(16-14-33)21-11-9-20(10-12-21)29-25-31-24(27)35(32-25)26-28-17-19-7-4-6-18-5-2-3-8-22(18)23(19)30-26/h2-3,5,8-12,17H,4,6-7,13-16H2,1H3,(H3,27,29,31,32). The Morgan fingerprint density at radius 1 is 0.886 bits per heavy atom. The maximum atomic E-state index is 6.22. The zero-order valence-corrected chi connectivity index (χ0v) is 19.9. The molecule has 0 amide bonds. The number of likely N-dealkylation sites (N-methyl/N-ethyl adjacent to an activating group) is 1. The molecule has 0 unspecified atom stereocenters. The minimum Gasteiger partial charge on any atom is -0.369 e. The van der Waals surface area contributed by atoms with E-state index in [2.05, 4.69) is 73.6 Å². The number of aryl methyl sites for hydroxylation is 2. The summed E-state index contributed by atoms with van der Waals surface area (Å²) >= 11 is 0. The molecule has 0 bridgehead atoms. The fourth-order valence-electron chi connectivity index (χ4n) is 4.83. The Bertz CT molecular complexity index is 1340. The summed E-state index contributed by atoms with van der Waals surface area (Å²) in [6.45, 7) is 4.24. The highest BCUT2D eigenvalue weighted by molar-refractivity contribution is 5.68. The minimum atomic E-state index is 0.239. The van der Waals surface area contributed by atoms with E-state index in [4.69, 9.17) is 10.7 Å². The first kappa shape index (κ1) is 21.5. The van der Waals surface area contributed by atoms with Gasteiger partial charge in [0.25, 0.3) is 5.95 Å². The molecule has 3 heterocycles. The van der Waals surface area contributed by atoms with E-state index >= 15 is 0 Å². The van der Waals surface area contributed by atoms with Crippen LogP contribution in [0.15, 0.2) is 54.7 Å². The number of rotatable bonds is 4. The number of hydrogen-bond acceptors (Lipinski definition) is 8. The van der Waals surface area contributed by atoms with Crippen LogP contribution in [-0.4, -0.2) is 62.9 Å². The van der Waals surface area contributed by atoms with Crippen LogP contribution in [0.5, 0.6) is 0 Å². The van der Waals surface area contributed by atoms with Gasteiger partial charge >= 0.3 is 0 Å². The molecule has 6 rings (SSSR count). The highest BCUT2D eigenvalue weighted by Gasteiger charge is 2.19. The molecule has 0 saturated carbocycles. The average molecular weight is 468 g/mol. The van der Waals surface area contributed by atoms with Crippen molar-refractivity contribution in [3.8, 4) is 17.2 Å². The summed E-state index contributed by atoms with van der Waals surface area (Å²) in [5, 5.41) is 7.81. The first-order valence-corrected chi connectivity index (χ1v) is 12.1. The molecule has 9 heteroatoms. The fourth-order valence-corrected chi connectivity index (χ4v) is 4.83. The molecule has 0 spiro atoms. The maximum absolute atomic E-state index is 6.22. The molecule has 1 aliphatic carbocycles. The summed E-state index contributed by atoms with van der Waals surface area (Å²) in [6, 6.07) is 16.8. The van der Waals surface area contributed by atoms with E-state index in [1.54, 1.807) is 0 Å². The largest absolute Gasteiger partial charge is 0.369 e. The van der Waals surface area contributed by atoms with Crippen LogP contribution < -0.4 is 16.0 Å². The van der Waals surface area contributed by atoms with Crippen molar-refractivity contribution in [3.63, 3.8) is 0 Å². The fraction of sp³-hybridized carbons (Fsp3) is 0.308. The molecule has 2 aromatic carbocycles. The van der Waals surface area contributed by atoms with Crippen molar-refractivity contribution in [3.05, 3.63) is 65.9 Å². The van der Waals surface area contributed by atoms with E-state index in [1.165, 1.54) is 15.9 Å². The lowest BCUT2D eigenvalue weighted by atomic mass is 10.0. The second-order valence-corrected chi connectivity index (χ2v) is 9.22. The van der Waals surface area contributed by atoms with Crippen molar-refractivity contribution < 1.29 is 0 Å². The Labute approximate surface area is 204 Å². The lowest BCUT2D eigenvalue weighted by Gasteiger charge is -2.34. The first-order chi connectivity index (χ1) is 17.1. The molecule has 3 N–H and O–H groups in total. The Kier molecular flexibility index (Phi) is 5.54. The van der Waals surface area contributed by atoms with Gasteiger partial charge in [-0.25, -0.2) is 9.97 Å². The SMILES string of the molecule is CN1CCN(c2ccc(Nc3nc(N)n(-c4ncc5c(n4)-c4ccccc4CCC5)n3)cc2)CC1. The molecule has 1 saturated heterocycles. The average Bonchev–Trinajstić information content (AvgIpc) is 3.14. The van der Waals surface area contributed by atoms with Crippen molar-refractivity contribution in [1.82, 2.24) is 29.6 Å². The van der Waals surface area contributed by atoms with E-state index in [1.807, 2.05) is 18.3 Å². The number of anilines is 4. The summed E-state index contributed by atoms with van der Waals surface area (Å²) in [6.07, 6.45) is 4.97. The molecule has 178 valence electrons. The smallest absolute Gasteiger partial charge is 0.254 e. The monoisotopic (exact) mass is 467 g/mol. The third-order valence-electron chi connectivity index (χ3n) is 6.83. The van der Waals surface area contributed by atoms with E-state index in [-0.39, 0.29) is 5.95 Å². The molecule has 0 radical (unpaired) electrons. The molecule has 1 fully saturated rings. The van der Waals surface area contributed by atoms with Crippen LogP contribution in [0.25, 0.3) is 17.2 Å². The highest BCUT2D eigenvalue weighted by atomic mass is 15.5. The number of nitrogens with zero attached hydrogens (tertiary/aromatic N) is 7. The van der Waals surface area contributed by atoms with Crippen molar-refractivity contribution in [2.24, 2.45) is 0 Å². The topological polar surface area (TPSA) is 101 Å². The molecule has 2 aliphatic rings. The molecular weight excluding hydrogens is 438 g/mol. The van der Waals surface area contributed by atoms with Crippen LogP contribution in [-0.2, 0) is 12.8 Å². The second-order valence-electron chi connectivity index (χ2n) is 9.22. The number of nitrogens with one attached hydrogen (secondary N) is 1. The highest BCUT2D eigenvalue weighted by Crippen LogP contribution is 2.31. The first-order valence-electron chi connectivity index (χ1n) is 12.1. The molecule has 9 nitrogen and oxygen atoms in total. The quantitative estimate of drug-likeness (QED) is 0.472. The van der Waals surface area contributed by atoms with Gasteiger partial charge in [0.05, 0.1) is 5.69 Å². The molecule has 0 atom stereocenters. The van der Waals surface area contributed by atoms with E-state index < -0.39 is 0 Å². The summed E-state index contributed by atoms with van der Waals surface area (Å²) in [5.74, 6) is 1.07. The van der Waals surface area contributed by atoms with Gasteiger partial charge in [-0.1, -0.05) is 24.3 Å². The van der Waals surface area contributed by atoms with Crippen LogP contribution in [0.1, 0.15) is 17.5 Å². The van der Waals surface area contributed by atoms with Gasteiger partial charge in [-0.2, -0.15) is 9.67 Å². The van der Waals surface area contributed by atoms with Gasteiger partial charge < -0.3 is 20.9 Å². The van der Waals surface area contributed by atoms with Gasteiger partial charge in [0.2, 0.25) is 11.9 Å². The predicted molar refractivity (Wildman–Crippen MR) is 138 cm³/mol. The van der Waals surface area contributed by atoms with Gasteiger partial charge in [-0.3, -0.25) is 0 Å².